The summed E-state index contributed by atoms with van der Waals surface area (Å²) in [7, 11) is 1.70. The molecule has 0 saturated heterocycles. The molecule has 2 rings (SSSR count). The summed E-state index contributed by atoms with van der Waals surface area (Å²) in [6, 6.07) is 8.23. The number of ether oxygens (including phenoxy) is 2. The van der Waals surface area contributed by atoms with Gasteiger partial charge in [-0.2, -0.15) is 0 Å². The zero-order valence-corrected chi connectivity index (χ0v) is 10.4. The number of hydrogen-bond acceptors (Lipinski definition) is 3. The van der Waals surface area contributed by atoms with Crippen molar-refractivity contribution in [2.24, 2.45) is 5.73 Å². The molecule has 3 nitrogen and oxygen atoms in total. The normalized spacial score (nSPS) is 24.6. The Hall–Kier alpha value is -1.06. The molecule has 94 valence electrons. The lowest BCUT2D eigenvalue weighted by molar-refractivity contribution is 0.131. The third-order valence-electron chi connectivity index (χ3n) is 3.25. The number of methoxy groups -OCH3 is 1. The molecule has 1 aromatic carbocycles. The zero-order valence-electron chi connectivity index (χ0n) is 10.4. The Kier molecular flexibility index (Phi) is 4.40. The van der Waals surface area contributed by atoms with Crippen molar-refractivity contribution in [1.29, 1.82) is 0 Å². The highest BCUT2D eigenvalue weighted by molar-refractivity contribution is 5.28. The lowest BCUT2D eigenvalue weighted by Crippen LogP contribution is -2.41. The van der Waals surface area contributed by atoms with Gasteiger partial charge in [0.15, 0.2) is 0 Å². The van der Waals surface area contributed by atoms with Crippen molar-refractivity contribution in [3.8, 4) is 5.75 Å². The molecule has 2 unspecified atom stereocenters. The van der Waals surface area contributed by atoms with Crippen molar-refractivity contribution in [3.05, 3.63) is 29.8 Å². The van der Waals surface area contributed by atoms with Gasteiger partial charge in [0, 0.05) is 13.2 Å². The fraction of sp³-hybridized carbons (Fsp3) is 0.571. The summed E-state index contributed by atoms with van der Waals surface area (Å²) < 4.78 is 11.1. The second kappa shape index (κ2) is 6.03. The minimum Gasteiger partial charge on any atom is -0.489 e. The maximum Gasteiger partial charge on any atom is 0.120 e. The lowest BCUT2D eigenvalue weighted by Gasteiger charge is -2.29. The van der Waals surface area contributed by atoms with Crippen molar-refractivity contribution >= 4 is 0 Å². The van der Waals surface area contributed by atoms with Crippen LogP contribution in [0.25, 0.3) is 0 Å². The SMILES string of the molecule is COCc1cccc(OC2CCCCC2N)c1. The van der Waals surface area contributed by atoms with E-state index in [1.165, 1.54) is 12.8 Å². The van der Waals surface area contributed by atoms with Crippen molar-refractivity contribution in [3.63, 3.8) is 0 Å². The van der Waals surface area contributed by atoms with Gasteiger partial charge < -0.3 is 15.2 Å². The molecule has 2 atom stereocenters. The van der Waals surface area contributed by atoms with E-state index in [-0.39, 0.29) is 12.1 Å². The molecule has 1 aliphatic carbocycles. The van der Waals surface area contributed by atoms with E-state index in [4.69, 9.17) is 15.2 Å². The van der Waals surface area contributed by atoms with E-state index in [1.54, 1.807) is 7.11 Å². The van der Waals surface area contributed by atoms with E-state index in [2.05, 4.69) is 0 Å². The molecule has 0 spiro atoms. The van der Waals surface area contributed by atoms with Gasteiger partial charge in [0.1, 0.15) is 11.9 Å². The number of benzene rings is 1. The van der Waals surface area contributed by atoms with E-state index in [9.17, 15) is 0 Å². The largest absolute Gasteiger partial charge is 0.489 e. The maximum atomic E-state index is 6.07. The highest BCUT2D eigenvalue weighted by Crippen LogP contribution is 2.23. The predicted molar refractivity (Wildman–Crippen MR) is 68.0 cm³/mol. The van der Waals surface area contributed by atoms with Gasteiger partial charge in [0.25, 0.3) is 0 Å². The second-order valence-corrected chi connectivity index (χ2v) is 4.69. The second-order valence-electron chi connectivity index (χ2n) is 4.69. The standard InChI is InChI=1S/C14H21NO2/c1-16-10-11-5-4-6-12(9-11)17-14-8-3-2-7-13(14)15/h4-6,9,13-14H,2-3,7-8,10,15H2,1H3. The molecule has 17 heavy (non-hydrogen) atoms. The fourth-order valence-corrected chi connectivity index (χ4v) is 2.32. The van der Waals surface area contributed by atoms with Gasteiger partial charge in [0.05, 0.1) is 6.61 Å². The molecular formula is C14H21NO2. The Morgan fingerprint density at radius 2 is 2.12 bits per heavy atom. The van der Waals surface area contributed by atoms with Crippen LogP contribution in [0.2, 0.25) is 0 Å². The van der Waals surface area contributed by atoms with Crippen molar-refractivity contribution < 1.29 is 9.47 Å². The Bertz CT molecular complexity index is 354. The molecule has 0 amide bonds. The number of rotatable bonds is 4. The maximum absolute atomic E-state index is 6.07. The third kappa shape index (κ3) is 3.45. The van der Waals surface area contributed by atoms with Crippen LogP contribution >= 0.6 is 0 Å². The monoisotopic (exact) mass is 235 g/mol. The van der Waals surface area contributed by atoms with Crippen molar-refractivity contribution in [1.82, 2.24) is 0 Å². The van der Waals surface area contributed by atoms with Gasteiger partial charge in [0.2, 0.25) is 0 Å². The molecule has 1 fully saturated rings. The van der Waals surface area contributed by atoms with Crippen LogP contribution in [-0.2, 0) is 11.3 Å². The Morgan fingerprint density at radius 1 is 1.29 bits per heavy atom. The van der Waals surface area contributed by atoms with Gasteiger partial charge in [-0.1, -0.05) is 18.6 Å². The Morgan fingerprint density at radius 3 is 2.88 bits per heavy atom. The summed E-state index contributed by atoms with van der Waals surface area (Å²) in [6.45, 7) is 0.619. The molecule has 0 radical (unpaired) electrons. The smallest absolute Gasteiger partial charge is 0.120 e. The lowest BCUT2D eigenvalue weighted by atomic mass is 9.93. The van der Waals surface area contributed by atoms with Crippen LogP contribution in [0.15, 0.2) is 24.3 Å². The van der Waals surface area contributed by atoms with Gasteiger partial charge in [-0.3, -0.25) is 0 Å². The van der Waals surface area contributed by atoms with Crippen LogP contribution in [0.3, 0.4) is 0 Å². The first kappa shape index (κ1) is 12.4. The first-order valence-electron chi connectivity index (χ1n) is 6.29. The first-order valence-corrected chi connectivity index (χ1v) is 6.29. The molecule has 1 aliphatic rings. The summed E-state index contributed by atoms with van der Waals surface area (Å²) in [5.74, 6) is 0.905. The van der Waals surface area contributed by atoms with Crippen LogP contribution in [-0.4, -0.2) is 19.3 Å². The van der Waals surface area contributed by atoms with E-state index >= 15 is 0 Å². The quantitative estimate of drug-likeness (QED) is 0.872. The molecule has 3 heteroatoms. The van der Waals surface area contributed by atoms with Crippen LogP contribution < -0.4 is 10.5 Å². The average Bonchev–Trinajstić information content (AvgIpc) is 2.33. The summed E-state index contributed by atoms with van der Waals surface area (Å²) in [5.41, 5.74) is 7.21. The average molecular weight is 235 g/mol. The molecule has 0 aromatic heterocycles. The highest BCUT2D eigenvalue weighted by Gasteiger charge is 2.23. The minimum absolute atomic E-state index is 0.168. The Labute approximate surface area is 103 Å². The third-order valence-corrected chi connectivity index (χ3v) is 3.25. The molecule has 0 bridgehead atoms. The van der Waals surface area contributed by atoms with Gasteiger partial charge >= 0.3 is 0 Å². The minimum atomic E-state index is 0.168. The molecule has 2 N–H and O–H groups in total. The van der Waals surface area contributed by atoms with Gasteiger partial charge in [-0.05, 0) is 37.0 Å². The van der Waals surface area contributed by atoms with E-state index in [0.29, 0.717) is 6.61 Å². The van der Waals surface area contributed by atoms with Crippen LogP contribution in [0, 0.1) is 0 Å². The van der Waals surface area contributed by atoms with Crippen molar-refractivity contribution in [2.45, 2.75) is 44.4 Å². The number of hydrogen-bond donors (Lipinski definition) is 1. The summed E-state index contributed by atoms with van der Waals surface area (Å²) in [6.07, 6.45) is 4.75. The van der Waals surface area contributed by atoms with Gasteiger partial charge in [-0.15, -0.1) is 0 Å². The molecule has 1 saturated carbocycles. The van der Waals surface area contributed by atoms with Gasteiger partial charge in [-0.25, -0.2) is 0 Å². The molecule has 0 aliphatic heterocycles. The predicted octanol–water partition coefficient (Wildman–Crippen LogP) is 2.48. The molecule has 1 aromatic rings. The fourth-order valence-electron chi connectivity index (χ4n) is 2.32. The first-order chi connectivity index (χ1) is 8.29. The van der Waals surface area contributed by atoms with Crippen LogP contribution in [0.1, 0.15) is 31.2 Å². The van der Waals surface area contributed by atoms with Crippen molar-refractivity contribution in [2.75, 3.05) is 7.11 Å². The van der Waals surface area contributed by atoms with Crippen LogP contribution in [0.5, 0.6) is 5.75 Å². The van der Waals surface area contributed by atoms with E-state index in [0.717, 1.165) is 24.2 Å². The van der Waals surface area contributed by atoms with E-state index in [1.807, 2.05) is 24.3 Å². The van der Waals surface area contributed by atoms with Crippen LogP contribution in [0.4, 0.5) is 0 Å². The zero-order chi connectivity index (χ0) is 12.1. The summed E-state index contributed by atoms with van der Waals surface area (Å²) in [5, 5.41) is 0. The molecule has 0 heterocycles. The summed E-state index contributed by atoms with van der Waals surface area (Å²) >= 11 is 0. The van der Waals surface area contributed by atoms with E-state index < -0.39 is 0 Å². The summed E-state index contributed by atoms with van der Waals surface area (Å²) in [4.78, 5) is 0. The topological polar surface area (TPSA) is 44.5 Å². The molecular weight excluding hydrogens is 214 g/mol. The number of nitrogens with two attached hydrogens (primary N) is 1. The highest BCUT2D eigenvalue weighted by atomic mass is 16.5. The Balaban J connectivity index is 1.99.